The van der Waals surface area contributed by atoms with Gasteiger partial charge in [-0.2, -0.15) is 0 Å². The molecule has 0 aliphatic rings. The molecule has 75 valence electrons. The zero-order valence-corrected chi connectivity index (χ0v) is 7.67. The summed E-state index contributed by atoms with van der Waals surface area (Å²) in [5.41, 5.74) is 4.89. The highest BCUT2D eigenvalue weighted by atomic mass is 16.3. The summed E-state index contributed by atoms with van der Waals surface area (Å²) in [6.45, 7) is 1.93. The highest BCUT2D eigenvalue weighted by molar-refractivity contribution is 6.13. The molecular formula is C8H15N2O3. The monoisotopic (exact) mass is 187 g/mol. The van der Waals surface area contributed by atoms with Crippen LogP contribution in [-0.4, -0.2) is 30.1 Å². The van der Waals surface area contributed by atoms with Crippen LogP contribution in [0.2, 0.25) is 0 Å². The van der Waals surface area contributed by atoms with Crippen molar-refractivity contribution < 1.29 is 14.7 Å². The predicted molar refractivity (Wildman–Crippen MR) is 47.4 cm³/mol. The van der Waals surface area contributed by atoms with Crippen LogP contribution in [0.25, 0.3) is 0 Å². The van der Waals surface area contributed by atoms with Gasteiger partial charge in [0.15, 0.2) is 0 Å². The lowest BCUT2D eigenvalue weighted by molar-refractivity contribution is -0.124. The van der Waals surface area contributed by atoms with E-state index in [9.17, 15) is 9.59 Å². The Balaban J connectivity index is 3.56. The lowest BCUT2D eigenvalue weighted by Crippen LogP contribution is -2.35. The minimum atomic E-state index is -0.709. The highest BCUT2D eigenvalue weighted by Crippen LogP contribution is 1.95. The van der Waals surface area contributed by atoms with Crippen molar-refractivity contribution in [3.63, 3.8) is 0 Å². The van der Waals surface area contributed by atoms with Gasteiger partial charge in [0.2, 0.25) is 11.8 Å². The smallest absolute Gasteiger partial charge is 0.237 e. The van der Waals surface area contributed by atoms with Crippen LogP contribution in [0.3, 0.4) is 0 Å². The number of aliphatic hydroxyl groups excluding tert-OH is 1. The molecule has 0 fully saturated rings. The van der Waals surface area contributed by atoms with Crippen molar-refractivity contribution in [2.45, 2.75) is 19.8 Å². The van der Waals surface area contributed by atoms with Crippen LogP contribution in [-0.2, 0) is 9.59 Å². The quantitative estimate of drug-likeness (QED) is 0.366. The summed E-state index contributed by atoms with van der Waals surface area (Å²) in [6.07, 6.45) is 1.32. The molecule has 5 heteroatoms. The summed E-state index contributed by atoms with van der Waals surface area (Å²) in [7, 11) is 0. The first-order valence-electron chi connectivity index (χ1n) is 4.12. The van der Waals surface area contributed by atoms with Crippen molar-refractivity contribution in [1.29, 1.82) is 0 Å². The van der Waals surface area contributed by atoms with Gasteiger partial charge in [-0.05, 0) is 19.8 Å². The Morgan fingerprint density at radius 2 is 2.00 bits per heavy atom. The summed E-state index contributed by atoms with van der Waals surface area (Å²) < 4.78 is 0. The third-order valence-electron chi connectivity index (χ3n) is 1.58. The van der Waals surface area contributed by atoms with Crippen molar-refractivity contribution in [2.24, 2.45) is 5.73 Å². The number of amides is 2. The fourth-order valence-electron chi connectivity index (χ4n) is 0.683. The number of rotatable bonds is 6. The molecule has 0 saturated heterocycles. The molecule has 0 unspecified atom stereocenters. The van der Waals surface area contributed by atoms with Crippen LogP contribution in [0.15, 0.2) is 0 Å². The minimum Gasteiger partial charge on any atom is -0.396 e. The third-order valence-corrected chi connectivity index (χ3v) is 1.58. The Bertz CT molecular complexity index is 182. The first-order valence-corrected chi connectivity index (χ1v) is 4.12. The molecule has 0 spiro atoms. The number of primary amides is 1. The van der Waals surface area contributed by atoms with E-state index in [2.05, 4.69) is 5.32 Å². The lowest BCUT2D eigenvalue weighted by atomic mass is 10.1. The molecule has 1 radical (unpaired) electrons. The number of unbranched alkanes of at least 4 members (excludes halogenated alkanes) is 1. The molecule has 0 bridgehead atoms. The molecular weight excluding hydrogens is 172 g/mol. The zero-order chi connectivity index (χ0) is 10.3. The van der Waals surface area contributed by atoms with E-state index < -0.39 is 11.8 Å². The normalized spacial score (nSPS) is 10.1. The van der Waals surface area contributed by atoms with Gasteiger partial charge >= 0.3 is 0 Å². The van der Waals surface area contributed by atoms with Gasteiger partial charge in [0, 0.05) is 13.2 Å². The minimum absolute atomic E-state index is 0.00370. The molecule has 0 heterocycles. The standard InChI is InChI=1S/C8H15N2O3/c1-6(7(9)12)8(13)10-4-2-3-5-11/h11H,2-5H2,1H3,(H2,9,12)(H,10,13). The number of carbonyl (C=O) groups excluding carboxylic acids is 2. The van der Waals surface area contributed by atoms with Crippen LogP contribution in [0, 0.1) is 5.92 Å². The van der Waals surface area contributed by atoms with E-state index in [4.69, 9.17) is 10.8 Å². The maximum Gasteiger partial charge on any atom is 0.237 e. The molecule has 13 heavy (non-hydrogen) atoms. The molecule has 0 aliphatic carbocycles. The number of nitrogens with one attached hydrogen (secondary N) is 1. The Morgan fingerprint density at radius 3 is 2.46 bits per heavy atom. The summed E-state index contributed by atoms with van der Waals surface area (Å²) in [4.78, 5) is 21.6. The van der Waals surface area contributed by atoms with Crippen LogP contribution in [0.5, 0.6) is 0 Å². The molecule has 0 aromatic carbocycles. The van der Waals surface area contributed by atoms with Crippen molar-refractivity contribution in [1.82, 2.24) is 5.32 Å². The molecule has 0 aliphatic heterocycles. The van der Waals surface area contributed by atoms with Crippen molar-refractivity contribution >= 4 is 11.8 Å². The highest BCUT2D eigenvalue weighted by Gasteiger charge is 2.18. The summed E-state index contributed by atoms with van der Waals surface area (Å²) in [5.74, 6) is -1.14. The average Bonchev–Trinajstić information content (AvgIpc) is 2.10. The molecule has 4 N–H and O–H groups in total. The van der Waals surface area contributed by atoms with Gasteiger partial charge in [0.25, 0.3) is 0 Å². The summed E-state index contributed by atoms with van der Waals surface area (Å²) in [6, 6.07) is 0. The number of aliphatic hydroxyl groups is 1. The van der Waals surface area contributed by atoms with Crippen LogP contribution in [0.4, 0.5) is 0 Å². The topological polar surface area (TPSA) is 92.4 Å². The van der Waals surface area contributed by atoms with Gasteiger partial charge in [-0.3, -0.25) is 9.59 Å². The number of nitrogens with two attached hydrogens (primary N) is 1. The largest absolute Gasteiger partial charge is 0.396 e. The van der Waals surface area contributed by atoms with Crippen molar-refractivity contribution in [2.75, 3.05) is 13.2 Å². The maximum atomic E-state index is 11.0. The second kappa shape index (κ2) is 6.42. The fraction of sp³-hybridized carbons (Fsp3) is 0.625. The van der Waals surface area contributed by atoms with E-state index in [1.807, 2.05) is 0 Å². The molecule has 2 amide bonds. The van der Waals surface area contributed by atoms with E-state index in [1.165, 1.54) is 6.92 Å². The fourth-order valence-corrected chi connectivity index (χ4v) is 0.683. The maximum absolute atomic E-state index is 11.0. The van der Waals surface area contributed by atoms with Gasteiger partial charge in [-0.25, -0.2) is 0 Å². The summed E-state index contributed by atoms with van der Waals surface area (Å²) >= 11 is 0. The molecule has 0 saturated carbocycles. The Hall–Kier alpha value is -1.10. The number of hydrogen-bond acceptors (Lipinski definition) is 3. The zero-order valence-electron chi connectivity index (χ0n) is 7.67. The average molecular weight is 187 g/mol. The Morgan fingerprint density at radius 1 is 1.38 bits per heavy atom. The van der Waals surface area contributed by atoms with Crippen molar-refractivity contribution in [3.8, 4) is 0 Å². The molecule has 0 aromatic heterocycles. The predicted octanol–water partition coefficient (Wildman–Crippen LogP) is -1.05. The van der Waals surface area contributed by atoms with Crippen LogP contribution < -0.4 is 11.1 Å². The first kappa shape index (κ1) is 11.9. The van der Waals surface area contributed by atoms with E-state index >= 15 is 0 Å². The molecule has 0 atom stereocenters. The van der Waals surface area contributed by atoms with Crippen molar-refractivity contribution in [3.05, 3.63) is 5.92 Å². The van der Waals surface area contributed by atoms with Gasteiger partial charge in [-0.1, -0.05) is 0 Å². The molecule has 0 rings (SSSR count). The van der Waals surface area contributed by atoms with Gasteiger partial charge in [0.1, 0.15) is 5.92 Å². The third kappa shape index (κ3) is 5.19. The van der Waals surface area contributed by atoms with Gasteiger partial charge in [0.05, 0.1) is 0 Å². The first-order chi connectivity index (χ1) is 6.09. The van der Waals surface area contributed by atoms with E-state index in [0.29, 0.717) is 19.4 Å². The Kier molecular flexibility index (Phi) is 5.88. The second-order valence-electron chi connectivity index (χ2n) is 2.68. The number of carbonyl (C=O) groups is 2. The summed E-state index contributed by atoms with van der Waals surface area (Å²) in [5, 5.41) is 10.9. The van der Waals surface area contributed by atoms with Crippen LogP contribution in [0.1, 0.15) is 19.8 Å². The number of hydrogen-bond donors (Lipinski definition) is 3. The van der Waals surface area contributed by atoms with E-state index in [-0.39, 0.29) is 12.5 Å². The molecule has 0 aromatic rings. The van der Waals surface area contributed by atoms with E-state index in [1.54, 1.807) is 0 Å². The lowest BCUT2D eigenvalue weighted by Gasteiger charge is -2.07. The second-order valence-corrected chi connectivity index (χ2v) is 2.68. The van der Waals surface area contributed by atoms with Gasteiger partial charge < -0.3 is 16.2 Å². The van der Waals surface area contributed by atoms with Crippen LogP contribution >= 0.6 is 0 Å². The SMILES string of the molecule is C[C](C(N)=O)C(=O)NCCCCO. The Labute approximate surface area is 77.3 Å². The molecule has 5 nitrogen and oxygen atoms in total. The van der Waals surface area contributed by atoms with Gasteiger partial charge in [-0.15, -0.1) is 0 Å². The van der Waals surface area contributed by atoms with E-state index in [0.717, 1.165) is 0 Å².